The summed E-state index contributed by atoms with van der Waals surface area (Å²) in [7, 11) is 0. The number of nitrogens with zero attached hydrogens (tertiary/aromatic N) is 4. The van der Waals surface area contributed by atoms with E-state index in [1.807, 2.05) is 42.5 Å². The zero-order valence-electron chi connectivity index (χ0n) is 16.4. The summed E-state index contributed by atoms with van der Waals surface area (Å²) in [6.45, 7) is 1.80. The standard InChI is InChI=1S/C20H19F2N7OS/c1-13(10-11-14-6-3-2-4-7-14)25-26-19-27-28-20(29(19)23)31-12-17(30)24-18-15(21)8-5-9-16(18)22/h2-11H,12,23H2,1H3,(H,24,30)(H,26,27)/b11-10+,25-13+. The van der Waals surface area contributed by atoms with Gasteiger partial charge in [-0.3, -0.25) is 4.79 Å². The van der Waals surface area contributed by atoms with E-state index in [1.165, 1.54) is 6.07 Å². The van der Waals surface area contributed by atoms with Gasteiger partial charge in [-0.2, -0.15) is 5.10 Å². The van der Waals surface area contributed by atoms with Crippen LogP contribution in [0.2, 0.25) is 0 Å². The zero-order valence-corrected chi connectivity index (χ0v) is 17.2. The Bertz CT molecular complexity index is 1100. The first-order chi connectivity index (χ1) is 14.9. The summed E-state index contributed by atoms with van der Waals surface area (Å²) in [5.74, 6) is 3.56. The minimum atomic E-state index is -0.860. The number of para-hydroxylation sites is 1. The maximum Gasteiger partial charge on any atom is 0.264 e. The predicted molar refractivity (Wildman–Crippen MR) is 118 cm³/mol. The van der Waals surface area contributed by atoms with Gasteiger partial charge in [-0.05, 0) is 30.7 Å². The number of benzene rings is 2. The fourth-order valence-electron chi connectivity index (χ4n) is 2.33. The number of amides is 1. The second kappa shape index (κ2) is 10.3. The molecule has 3 aromatic rings. The SMILES string of the molecule is CC(/C=C/c1ccccc1)=N\Nc1nnc(SCC(=O)Nc2c(F)cccc2F)n1N. The van der Waals surface area contributed by atoms with Gasteiger partial charge < -0.3 is 11.2 Å². The topological polar surface area (TPSA) is 110 Å². The van der Waals surface area contributed by atoms with Crippen molar-refractivity contribution in [2.75, 3.05) is 22.3 Å². The van der Waals surface area contributed by atoms with Crippen molar-refractivity contribution in [1.29, 1.82) is 0 Å². The normalized spacial score (nSPS) is 11.6. The van der Waals surface area contributed by atoms with Gasteiger partial charge in [0.2, 0.25) is 11.1 Å². The molecule has 0 unspecified atom stereocenters. The Kier molecular flexibility index (Phi) is 7.33. The monoisotopic (exact) mass is 443 g/mol. The number of nitrogens with two attached hydrogens (primary N) is 1. The van der Waals surface area contributed by atoms with Gasteiger partial charge >= 0.3 is 0 Å². The van der Waals surface area contributed by atoms with Crippen molar-refractivity contribution in [3.63, 3.8) is 0 Å². The zero-order chi connectivity index (χ0) is 22.2. The molecular formula is C20H19F2N7OS. The fourth-order valence-corrected chi connectivity index (χ4v) is 2.99. The molecule has 2 aromatic carbocycles. The van der Waals surface area contributed by atoms with Gasteiger partial charge in [-0.25, -0.2) is 18.9 Å². The molecule has 160 valence electrons. The molecule has 0 saturated heterocycles. The first kappa shape index (κ1) is 22.0. The summed E-state index contributed by atoms with van der Waals surface area (Å²) in [6.07, 6.45) is 3.73. The highest BCUT2D eigenvalue weighted by atomic mass is 32.2. The Morgan fingerprint density at radius 3 is 2.58 bits per heavy atom. The number of rotatable bonds is 8. The molecule has 0 aliphatic heterocycles. The van der Waals surface area contributed by atoms with E-state index in [9.17, 15) is 13.6 Å². The molecule has 0 spiro atoms. The second-order valence-electron chi connectivity index (χ2n) is 6.22. The second-order valence-corrected chi connectivity index (χ2v) is 7.16. The Labute approximate surface area is 181 Å². The van der Waals surface area contributed by atoms with E-state index in [1.54, 1.807) is 6.92 Å². The van der Waals surface area contributed by atoms with E-state index in [2.05, 4.69) is 26.0 Å². The summed E-state index contributed by atoms with van der Waals surface area (Å²) in [6, 6.07) is 13.1. The van der Waals surface area contributed by atoms with Gasteiger partial charge in [-0.1, -0.05) is 54.2 Å². The highest BCUT2D eigenvalue weighted by Gasteiger charge is 2.15. The van der Waals surface area contributed by atoms with Gasteiger partial charge in [-0.15, -0.1) is 10.2 Å². The lowest BCUT2D eigenvalue weighted by molar-refractivity contribution is -0.113. The predicted octanol–water partition coefficient (Wildman–Crippen LogP) is 3.50. The Morgan fingerprint density at radius 1 is 1.16 bits per heavy atom. The highest BCUT2D eigenvalue weighted by Crippen LogP contribution is 2.20. The third kappa shape index (κ3) is 6.12. The van der Waals surface area contributed by atoms with Crippen LogP contribution in [0.25, 0.3) is 6.08 Å². The van der Waals surface area contributed by atoms with Crippen molar-refractivity contribution in [2.24, 2.45) is 5.10 Å². The number of nitrogens with one attached hydrogen (secondary N) is 2. The van der Waals surface area contributed by atoms with Crippen molar-refractivity contribution in [2.45, 2.75) is 12.1 Å². The maximum atomic E-state index is 13.6. The Morgan fingerprint density at radius 2 is 1.87 bits per heavy atom. The number of nitrogen functional groups attached to an aromatic ring is 1. The quantitative estimate of drug-likeness (QED) is 0.213. The molecule has 0 bridgehead atoms. The van der Waals surface area contributed by atoms with Crippen LogP contribution in [-0.2, 0) is 4.79 Å². The van der Waals surface area contributed by atoms with E-state index in [0.29, 0.717) is 5.71 Å². The van der Waals surface area contributed by atoms with Gasteiger partial charge in [0.05, 0.1) is 11.5 Å². The highest BCUT2D eigenvalue weighted by molar-refractivity contribution is 7.99. The van der Waals surface area contributed by atoms with Crippen LogP contribution in [-0.4, -0.2) is 32.2 Å². The molecule has 8 nitrogen and oxygen atoms in total. The molecule has 0 saturated carbocycles. The van der Waals surface area contributed by atoms with Crippen molar-refractivity contribution in [3.8, 4) is 0 Å². The molecule has 0 atom stereocenters. The average molecular weight is 443 g/mol. The fraction of sp³-hybridized carbons (Fsp3) is 0.100. The van der Waals surface area contributed by atoms with Gasteiger partial charge in [0.25, 0.3) is 5.95 Å². The van der Waals surface area contributed by atoms with Crippen LogP contribution < -0.4 is 16.6 Å². The van der Waals surface area contributed by atoms with Crippen LogP contribution in [0.1, 0.15) is 12.5 Å². The average Bonchev–Trinajstić information content (AvgIpc) is 3.12. The molecule has 1 heterocycles. The number of hydrogen-bond acceptors (Lipinski definition) is 7. The summed E-state index contributed by atoms with van der Waals surface area (Å²) >= 11 is 0.954. The van der Waals surface area contributed by atoms with Crippen molar-refractivity contribution >= 4 is 41.1 Å². The molecular weight excluding hydrogens is 424 g/mol. The minimum absolute atomic E-state index is 0.163. The number of hydrogen-bond donors (Lipinski definition) is 3. The number of allylic oxidation sites excluding steroid dienone is 1. The van der Waals surface area contributed by atoms with Crippen LogP contribution in [0.5, 0.6) is 0 Å². The summed E-state index contributed by atoms with van der Waals surface area (Å²) in [4.78, 5) is 12.0. The minimum Gasteiger partial charge on any atom is -0.334 e. The van der Waals surface area contributed by atoms with Crippen molar-refractivity contribution in [3.05, 3.63) is 71.8 Å². The van der Waals surface area contributed by atoms with Crippen molar-refractivity contribution in [1.82, 2.24) is 14.9 Å². The lowest BCUT2D eigenvalue weighted by atomic mass is 10.2. The van der Waals surface area contributed by atoms with Gasteiger partial charge in [0, 0.05) is 0 Å². The van der Waals surface area contributed by atoms with E-state index < -0.39 is 23.2 Å². The molecule has 3 rings (SSSR count). The summed E-state index contributed by atoms with van der Waals surface area (Å²) in [5, 5.41) is 14.3. The summed E-state index contributed by atoms with van der Waals surface area (Å²) in [5.41, 5.74) is 3.91. The van der Waals surface area contributed by atoms with Crippen LogP contribution in [0.3, 0.4) is 0 Å². The number of carbonyl (C=O) groups is 1. The number of thioether (sulfide) groups is 1. The van der Waals surface area contributed by atoms with E-state index in [4.69, 9.17) is 5.84 Å². The van der Waals surface area contributed by atoms with Gasteiger partial charge in [0.1, 0.15) is 17.3 Å². The van der Waals surface area contributed by atoms with Gasteiger partial charge in [0.15, 0.2) is 0 Å². The summed E-state index contributed by atoms with van der Waals surface area (Å²) < 4.78 is 28.3. The molecule has 0 aliphatic carbocycles. The first-order valence-corrected chi connectivity index (χ1v) is 10.0. The number of carbonyl (C=O) groups excluding carboxylic acids is 1. The third-order valence-corrected chi connectivity index (χ3v) is 4.82. The molecule has 1 amide bonds. The molecule has 11 heteroatoms. The van der Waals surface area contributed by atoms with E-state index in [-0.39, 0.29) is 16.9 Å². The Hall–Kier alpha value is -3.73. The lowest BCUT2D eigenvalue weighted by Gasteiger charge is -2.07. The van der Waals surface area contributed by atoms with Crippen LogP contribution in [0.4, 0.5) is 20.4 Å². The lowest BCUT2D eigenvalue weighted by Crippen LogP contribution is -2.18. The largest absolute Gasteiger partial charge is 0.334 e. The van der Waals surface area contributed by atoms with E-state index >= 15 is 0 Å². The third-order valence-electron chi connectivity index (χ3n) is 3.87. The van der Waals surface area contributed by atoms with Crippen molar-refractivity contribution < 1.29 is 13.6 Å². The Balaban J connectivity index is 1.55. The number of aromatic nitrogens is 3. The smallest absolute Gasteiger partial charge is 0.264 e. The number of anilines is 2. The molecule has 1 aromatic heterocycles. The van der Waals surface area contributed by atoms with Crippen LogP contribution in [0.15, 0.2) is 64.9 Å². The van der Waals surface area contributed by atoms with E-state index in [0.717, 1.165) is 34.1 Å². The first-order valence-electron chi connectivity index (χ1n) is 9.04. The molecule has 0 radical (unpaired) electrons. The molecule has 4 N–H and O–H groups in total. The number of halogens is 2. The number of hydrazone groups is 1. The molecule has 0 aliphatic rings. The maximum absolute atomic E-state index is 13.6. The van der Waals surface area contributed by atoms with Crippen LogP contribution >= 0.6 is 11.8 Å². The molecule has 0 fully saturated rings. The van der Waals surface area contributed by atoms with Crippen LogP contribution in [0, 0.1) is 11.6 Å². The molecule has 31 heavy (non-hydrogen) atoms.